The van der Waals surface area contributed by atoms with E-state index in [9.17, 15) is 9.35 Å². The molecule has 2 aromatic rings. The topological polar surface area (TPSA) is 53.0 Å². The van der Waals surface area contributed by atoms with Crippen LogP contribution in [0.5, 0.6) is 0 Å². The van der Waals surface area contributed by atoms with Gasteiger partial charge >= 0.3 is 0 Å². The minimum Gasteiger partial charge on any atom is -0.612 e. The molecule has 1 unspecified atom stereocenters. The highest BCUT2D eigenvalue weighted by Gasteiger charge is 2.09. The third kappa shape index (κ3) is 3.66. The fourth-order valence-corrected chi connectivity index (χ4v) is 2.24. The Bertz CT molecular complexity index is 562. The zero-order chi connectivity index (χ0) is 13.8. The van der Waals surface area contributed by atoms with Crippen molar-refractivity contribution in [2.24, 2.45) is 0 Å². The Labute approximate surface area is 115 Å². The lowest BCUT2D eigenvalue weighted by Crippen LogP contribution is -2.05. The molecule has 1 heterocycles. The Kier molecular flexibility index (Phi) is 4.35. The lowest BCUT2D eigenvalue weighted by atomic mass is 10.0. The van der Waals surface area contributed by atoms with Crippen molar-refractivity contribution in [2.45, 2.75) is 18.2 Å². The first-order valence-electron chi connectivity index (χ1n) is 5.94. The van der Waals surface area contributed by atoms with Gasteiger partial charge in [0, 0.05) is 23.9 Å². The van der Waals surface area contributed by atoms with Crippen LogP contribution in [-0.4, -0.2) is 21.6 Å². The third-order valence-corrected chi connectivity index (χ3v) is 3.79. The number of benzene rings is 1. The van der Waals surface area contributed by atoms with Gasteiger partial charge in [-0.15, -0.1) is 0 Å². The molecule has 0 saturated carbocycles. The molecule has 0 saturated heterocycles. The van der Waals surface area contributed by atoms with E-state index in [1.165, 1.54) is 0 Å². The van der Waals surface area contributed by atoms with Crippen molar-refractivity contribution in [2.75, 3.05) is 6.26 Å². The van der Waals surface area contributed by atoms with E-state index in [-0.39, 0.29) is 5.78 Å². The number of aromatic nitrogens is 1. The van der Waals surface area contributed by atoms with Crippen molar-refractivity contribution in [1.82, 2.24) is 4.98 Å². The number of aryl methyl sites for hydroxylation is 1. The number of Topliss-reactive ketones (excluding diaryl/α,β-unsaturated/α-hetero) is 1. The van der Waals surface area contributed by atoms with Crippen LogP contribution in [0, 0.1) is 6.92 Å². The van der Waals surface area contributed by atoms with E-state index in [0.29, 0.717) is 12.0 Å². The standard InChI is InChI=1S/C15H15NO2S/c1-11-3-6-13(10-16-11)15(17)9-12-4-7-14(8-5-12)19(2)18/h3-8,10H,9H2,1-2H3. The summed E-state index contributed by atoms with van der Waals surface area (Å²) in [6.45, 7) is 1.89. The molecule has 0 radical (unpaired) electrons. The SMILES string of the molecule is Cc1ccc(C(=O)Cc2ccc([S+](C)[O-])cc2)cn1. The predicted molar refractivity (Wildman–Crippen MR) is 75.8 cm³/mol. The Morgan fingerprint density at radius 3 is 2.42 bits per heavy atom. The monoisotopic (exact) mass is 273 g/mol. The average molecular weight is 273 g/mol. The van der Waals surface area contributed by atoms with E-state index in [1.807, 2.05) is 25.1 Å². The minimum absolute atomic E-state index is 0.0397. The Hall–Kier alpha value is -1.65. The molecule has 1 aromatic carbocycles. The Balaban J connectivity index is 2.08. The highest BCUT2D eigenvalue weighted by Crippen LogP contribution is 2.12. The van der Waals surface area contributed by atoms with Crippen LogP contribution in [0.4, 0.5) is 0 Å². The average Bonchev–Trinajstić information content (AvgIpc) is 2.40. The van der Waals surface area contributed by atoms with Gasteiger partial charge in [0.25, 0.3) is 0 Å². The van der Waals surface area contributed by atoms with Gasteiger partial charge in [-0.05, 0) is 47.9 Å². The van der Waals surface area contributed by atoms with Crippen LogP contribution in [-0.2, 0) is 17.6 Å². The first kappa shape index (κ1) is 13.8. The van der Waals surface area contributed by atoms with E-state index in [0.717, 1.165) is 16.2 Å². The summed E-state index contributed by atoms with van der Waals surface area (Å²) in [5, 5.41) is 0. The van der Waals surface area contributed by atoms with E-state index < -0.39 is 11.2 Å². The molecule has 0 bridgehead atoms. The smallest absolute Gasteiger partial charge is 0.168 e. The summed E-state index contributed by atoms with van der Waals surface area (Å²) < 4.78 is 11.3. The summed E-state index contributed by atoms with van der Waals surface area (Å²) in [5.41, 5.74) is 2.43. The summed E-state index contributed by atoms with van der Waals surface area (Å²) in [6.07, 6.45) is 3.58. The molecule has 4 heteroatoms. The van der Waals surface area contributed by atoms with Crippen LogP contribution in [0.2, 0.25) is 0 Å². The molecule has 1 atom stereocenters. The maximum Gasteiger partial charge on any atom is 0.168 e. The number of ketones is 1. The lowest BCUT2D eigenvalue weighted by molar-refractivity contribution is 0.0992. The zero-order valence-electron chi connectivity index (χ0n) is 10.9. The van der Waals surface area contributed by atoms with Crippen LogP contribution in [0.1, 0.15) is 21.6 Å². The molecule has 0 aliphatic heterocycles. The first-order chi connectivity index (χ1) is 9.06. The van der Waals surface area contributed by atoms with Crippen molar-refractivity contribution in [1.29, 1.82) is 0 Å². The summed E-state index contributed by atoms with van der Waals surface area (Å²) in [5.74, 6) is 0.0397. The molecule has 0 aliphatic carbocycles. The number of carbonyl (C=O) groups excluding carboxylic acids is 1. The number of rotatable bonds is 4. The summed E-state index contributed by atoms with van der Waals surface area (Å²) in [7, 11) is 0. The molecule has 19 heavy (non-hydrogen) atoms. The van der Waals surface area contributed by atoms with Crippen LogP contribution in [0.15, 0.2) is 47.5 Å². The molecule has 0 spiro atoms. The van der Waals surface area contributed by atoms with E-state index in [1.54, 1.807) is 30.7 Å². The molecular formula is C15H15NO2S. The number of hydrogen-bond donors (Lipinski definition) is 0. The number of nitrogens with zero attached hydrogens (tertiary/aromatic N) is 1. The third-order valence-electron chi connectivity index (χ3n) is 2.85. The predicted octanol–water partition coefficient (Wildman–Crippen LogP) is 2.55. The summed E-state index contributed by atoms with van der Waals surface area (Å²) in [4.78, 5) is 16.9. The largest absolute Gasteiger partial charge is 0.612 e. The molecule has 98 valence electrons. The van der Waals surface area contributed by atoms with Crippen molar-refractivity contribution in [3.05, 3.63) is 59.4 Å². The van der Waals surface area contributed by atoms with Crippen LogP contribution in [0.3, 0.4) is 0 Å². The number of pyridine rings is 1. The first-order valence-corrected chi connectivity index (χ1v) is 7.50. The molecular weight excluding hydrogens is 258 g/mol. The maximum absolute atomic E-state index is 12.0. The highest BCUT2D eigenvalue weighted by atomic mass is 32.2. The van der Waals surface area contributed by atoms with E-state index in [4.69, 9.17) is 0 Å². The normalized spacial score (nSPS) is 12.2. The van der Waals surface area contributed by atoms with Gasteiger partial charge in [0.05, 0.1) is 0 Å². The molecule has 2 rings (SSSR count). The molecule has 0 fully saturated rings. The van der Waals surface area contributed by atoms with Crippen LogP contribution in [0.25, 0.3) is 0 Å². The van der Waals surface area contributed by atoms with Crippen molar-refractivity contribution in [3.63, 3.8) is 0 Å². The second kappa shape index (κ2) is 5.99. The molecule has 0 aliphatic rings. The van der Waals surface area contributed by atoms with Gasteiger partial charge in [-0.25, -0.2) is 0 Å². The second-order valence-corrected chi connectivity index (χ2v) is 5.77. The highest BCUT2D eigenvalue weighted by molar-refractivity contribution is 7.90. The van der Waals surface area contributed by atoms with Crippen molar-refractivity contribution >= 4 is 17.0 Å². The van der Waals surface area contributed by atoms with Crippen LogP contribution >= 0.6 is 0 Å². The van der Waals surface area contributed by atoms with Gasteiger partial charge in [-0.1, -0.05) is 12.1 Å². The van der Waals surface area contributed by atoms with Gasteiger partial charge in [0.15, 0.2) is 10.7 Å². The summed E-state index contributed by atoms with van der Waals surface area (Å²) in [6, 6.07) is 10.9. The van der Waals surface area contributed by atoms with E-state index in [2.05, 4.69) is 4.98 Å². The van der Waals surface area contributed by atoms with Crippen molar-refractivity contribution in [3.8, 4) is 0 Å². The van der Waals surface area contributed by atoms with Crippen molar-refractivity contribution < 1.29 is 9.35 Å². The second-order valence-electron chi connectivity index (χ2n) is 4.39. The molecule has 1 aromatic heterocycles. The summed E-state index contributed by atoms with van der Waals surface area (Å²) >= 11 is -0.983. The quantitative estimate of drug-likeness (QED) is 0.635. The Morgan fingerprint density at radius 2 is 1.89 bits per heavy atom. The van der Waals surface area contributed by atoms with Gasteiger partial charge in [0.1, 0.15) is 6.26 Å². The lowest BCUT2D eigenvalue weighted by Gasteiger charge is -2.05. The fraction of sp³-hybridized carbons (Fsp3) is 0.200. The van der Waals surface area contributed by atoms with Gasteiger partial charge in [-0.2, -0.15) is 0 Å². The van der Waals surface area contributed by atoms with Gasteiger partial charge in [0.2, 0.25) is 0 Å². The fourth-order valence-electron chi connectivity index (χ4n) is 1.72. The molecule has 0 N–H and O–H groups in total. The molecule has 0 amide bonds. The number of carbonyl (C=O) groups is 1. The van der Waals surface area contributed by atoms with Crippen LogP contribution < -0.4 is 0 Å². The molecule has 3 nitrogen and oxygen atoms in total. The van der Waals surface area contributed by atoms with Gasteiger partial charge < -0.3 is 4.55 Å². The van der Waals surface area contributed by atoms with Gasteiger partial charge in [-0.3, -0.25) is 9.78 Å². The zero-order valence-corrected chi connectivity index (χ0v) is 11.7. The van der Waals surface area contributed by atoms with E-state index >= 15 is 0 Å². The number of hydrogen-bond acceptors (Lipinski definition) is 3. The maximum atomic E-state index is 12.0. The minimum atomic E-state index is -0.983. The Morgan fingerprint density at radius 1 is 1.21 bits per heavy atom.